The van der Waals surface area contributed by atoms with Gasteiger partial charge in [0.2, 0.25) is 10.0 Å². The number of nitrogens with two attached hydrogens (primary N) is 1. The number of hydrogen-bond donors (Lipinski definition) is 2. The number of Topliss-reactive ketones (excluding diaryl/α,β-unsaturated/α-hetero) is 1. The van der Waals surface area contributed by atoms with E-state index in [2.05, 4.69) is 0 Å². The van der Waals surface area contributed by atoms with Gasteiger partial charge in [0, 0.05) is 11.3 Å². The van der Waals surface area contributed by atoms with Gasteiger partial charge >= 0.3 is 0 Å². The number of aliphatic hydroxyl groups excluding tert-OH is 1. The van der Waals surface area contributed by atoms with Crippen molar-refractivity contribution in [1.29, 1.82) is 0 Å². The molecule has 1 fully saturated rings. The number of rotatable bonds is 7. The lowest BCUT2D eigenvalue weighted by Gasteiger charge is -2.25. The second-order valence-corrected chi connectivity index (χ2v) is 10.2. The molecule has 0 aromatic heterocycles. The molecule has 1 aliphatic heterocycles. The molecule has 9 nitrogen and oxygen atoms in total. The van der Waals surface area contributed by atoms with Crippen LogP contribution in [0.1, 0.15) is 31.0 Å². The first-order valence-corrected chi connectivity index (χ1v) is 12.9. The number of amides is 1. The van der Waals surface area contributed by atoms with Crippen molar-refractivity contribution < 1.29 is 32.6 Å². The van der Waals surface area contributed by atoms with Gasteiger partial charge < -0.3 is 14.6 Å². The average Bonchev–Trinajstić information content (AvgIpc) is 3.13. The van der Waals surface area contributed by atoms with Crippen molar-refractivity contribution in [3.63, 3.8) is 0 Å². The smallest absolute Gasteiger partial charge is 0.300 e. The highest BCUT2D eigenvalue weighted by Gasteiger charge is 2.47. The monoisotopic (exact) mass is 522 g/mol. The molecule has 0 spiro atoms. The number of ketones is 1. The van der Waals surface area contributed by atoms with Crippen molar-refractivity contribution in [2.24, 2.45) is 5.14 Å². The van der Waals surface area contributed by atoms with Crippen molar-refractivity contribution in [2.45, 2.75) is 30.9 Å². The van der Waals surface area contributed by atoms with E-state index in [0.29, 0.717) is 22.6 Å². The van der Waals surface area contributed by atoms with Crippen LogP contribution in [-0.4, -0.2) is 38.4 Å². The molecule has 10 heteroatoms. The fourth-order valence-electron chi connectivity index (χ4n) is 4.14. The summed E-state index contributed by atoms with van der Waals surface area (Å²) in [5, 5.41) is 16.5. The Morgan fingerprint density at radius 3 is 2.19 bits per heavy atom. The fourth-order valence-corrected chi connectivity index (χ4v) is 4.66. The predicted molar refractivity (Wildman–Crippen MR) is 138 cm³/mol. The number of aliphatic hydroxyl groups is 1. The minimum Gasteiger partial charge on any atom is -0.507 e. The van der Waals surface area contributed by atoms with Crippen molar-refractivity contribution in [1.82, 2.24) is 0 Å². The molecule has 0 saturated carbocycles. The second kappa shape index (κ2) is 10.1. The molecule has 3 aromatic rings. The van der Waals surface area contributed by atoms with Crippen molar-refractivity contribution >= 4 is 33.2 Å². The van der Waals surface area contributed by atoms with Crippen molar-refractivity contribution in [2.75, 3.05) is 12.0 Å². The highest BCUT2D eigenvalue weighted by atomic mass is 32.2. The van der Waals surface area contributed by atoms with Crippen LogP contribution < -0.4 is 19.5 Å². The maximum absolute atomic E-state index is 13.3. The number of primary sulfonamides is 1. The zero-order valence-electron chi connectivity index (χ0n) is 20.4. The lowest BCUT2D eigenvalue weighted by Crippen LogP contribution is -2.29. The van der Waals surface area contributed by atoms with E-state index < -0.39 is 27.8 Å². The number of carbonyl (C=O) groups excluding carboxylic acids is 2. The van der Waals surface area contributed by atoms with E-state index in [1.165, 1.54) is 36.3 Å². The molecule has 1 unspecified atom stereocenters. The third kappa shape index (κ3) is 5.20. The van der Waals surface area contributed by atoms with Crippen LogP contribution in [0.4, 0.5) is 5.69 Å². The molecule has 1 atom stereocenters. The first kappa shape index (κ1) is 25.9. The minimum atomic E-state index is -3.96. The quantitative estimate of drug-likeness (QED) is 0.274. The van der Waals surface area contributed by atoms with Gasteiger partial charge in [-0.3, -0.25) is 14.5 Å². The Balaban J connectivity index is 1.89. The fraction of sp³-hybridized carbons (Fsp3) is 0.185. The molecule has 37 heavy (non-hydrogen) atoms. The zero-order valence-corrected chi connectivity index (χ0v) is 21.2. The minimum absolute atomic E-state index is 0.109. The molecule has 192 valence electrons. The Morgan fingerprint density at radius 2 is 1.62 bits per heavy atom. The van der Waals surface area contributed by atoms with Crippen LogP contribution >= 0.6 is 0 Å². The third-order valence-corrected chi connectivity index (χ3v) is 6.73. The van der Waals surface area contributed by atoms with Crippen LogP contribution in [0, 0.1) is 0 Å². The third-order valence-electron chi connectivity index (χ3n) is 5.80. The molecule has 0 bridgehead atoms. The maximum atomic E-state index is 13.3. The highest BCUT2D eigenvalue weighted by molar-refractivity contribution is 7.89. The van der Waals surface area contributed by atoms with E-state index in [1.54, 1.807) is 48.5 Å². The van der Waals surface area contributed by atoms with Crippen LogP contribution in [0.3, 0.4) is 0 Å². The molecular formula is C27H26N2O7S. The molecule has 1 heterocycles. The molecular weight excluding hydrogens is 496 g/mol. The van der Waals surface area contributed by atoms with Gasteiger partial charge in [0.25, 0.3) is 11.7 Å². The lowest BCUT2D eigenvalue weighted by molar-refractivity contribution is -0.132. The maximum Gasteiger partial charge on any atom is 0.300 e. The Morgan fingerprint density at radius 1 is 0.973 bits per heavy atom. The number of nitrogens with zero attached hydrogens (tertiary/aromatic N) is 1. The van der Waals surface area contributed by atoms with Crippen LogP contribution in [0.25, 0.3) is 5.76 Å². The summed E-state index contributed by atoms with van der Waals surface area (Å²) in [5.74, 6) is -1.06. The molecule has 3 N–H and O–H groups in total. The van der Waals surface area contributed by atoms with E-state index in [0.717, 1.165) is 0 Å². The Hall–Kier alpha value is -4.15. The van der Waals surface area contributed by atoms with Crippen LogP contribution in [0.5, 0.6) is 11.5 Å². The number of anilines is 1. The number of carbonyl (C=O) groups is 2. The summed E-state index contributed by atoms with van der Waals surface area (Å²) in [7, 11) is -2.45. The van der Waals surface area contributed by atoms with Gasteiger partial charge in [-0.2, -0.15) is 0 Å². The highest BCUT2D eigenvalue weighted by Crippen LogP contribution is 2.42. The van der Waals surface area contributed by atoms with Gasteiger partial charge in [-0.25, -0.2) is 13.6 Å². The standard InChI is InChI=1S/C27H26N2O7S/c1-16(2)36-21-6-4-5-18(15-21)25(30)23-24(17-7-11-20(35-3)12-8-17)29(27(32)26(23)31)19-9-13-22(14-10-19)37(28,33)34/h4-16,24,30H,1-3H3,(H2,28,33,34)/b25-23+. The number of sulfonamides is 1. The van der Waals surface area contributed by atoms with Gasteiger partial charge in [0.15, 0.2) is 0 Å². The SMILES string of the molecule is COc1ccc(C2/C(=C(\O)c3cccc(OC(C)C)c3)C(=O)C(=O)N2c2ccc(S(N)(=O)=O)cc2)cc1. The van der Waals surface area contributed by atoms with Crippen molar-refractivity contribution in [3.8, 4) is 11.5 Å². The van der Waals surface area contributed by atoms with Gasteiger partial charge in [-0.1, -0.05) is 24.3 Å². The second-order valence-electron chi connectivity index (χ2n) is 8.68. The summed E-state index contributed by atoms with van der Waals surface area (Å²) in [6, 6.07) is 17.6. The molecule has 1 amide bonds. The van der Waals surface area contributed by atoms with E-state index >= 15 is 0 Å². The summed E-state index contributed by atoms with van der Waals surface area (Å²) >= 11 is 0. The lowest BCUT2D eigenvalue weighted by atomic mass is 9.95. The van der Waals surface area contributed by atoms with E-state index in [9.17, 15) is 23.1 Å². The normalized spacial score (nSPS) is 17.3. The van der Waals surface area contributed by atoms with Crippen LogP contribution in [0.15, 0.2) is 83.3 Å². The molecule has 1 aliphatic rings. The summed E-state index contributed by atoms with van der Waals surface area (Å²) in [4.78, 5) is 27.7. The first-order valence-electron chi connectivity index (χ1n) is 11.4. The van der Waals surface area contributed by atoms with E-state index in [4.69, 9.17) is 14.6 Å². The molecule has 4 rings (SSSR count). The summed E-state index contributed by atoms with van der Waals surface area (Å²) in [6.07, 6.45) is -0.109. The van der Waals surface area contributed by atoms with Gasteiger partial charge in [0.1, 0.15) is 17.3 Å². The Bertz CT molecular complexity index is 1480. The van der Waals surface area contributed by atoms with Gasteiger partial charge in [-0.05, 0) is 67.9 Å². The van der Waals surface area contributed by atoms with Crippen molar-refractivity contribution in [3.05, 3.63) is 89.5 Å². The molecule has 0 aliphatic carbocycles. The van der Waals surface area contributed by atoms with Crippen LogP contribution in [-0.2, 0) is 19.6 Å². The molecule has 1 saturated heterocycles. The number of hydrogen-bond acceptors (Lipinski definition) is 7. The first-order chi connectivity index (χ1) is 17.5. The Kier molecular flexibility index (Phi) is 7.06. The van der Waals surface area contributed by atoms with Gasteiger partial charge in [0.05, 0.1) is 29.7 Å². The average molecular weight is 523 g/mol. The Labute approximate surface area is 214 Å². The zero-order chi connectivity index (χ0) is 26.9. The van der Waals surface area contributed by atoms with E-state index in [-0.39, 0.29) is 28.0 Å². The summed E-state index contributed by atoms with van der Waals surface area (Å²) in [6.45, 7) is 3.73. The number of benzene rings is 3. The summed E-state index contributed by atoms with van der Waals surface area (Å²) in [5.41, 5.74) is 0.976. The largest absolute Gasteiger partial charge is 0.507 e. The number of methoxy groups -OCH3 is 1. The number of ether oxygens (including phenoxy) is 2. The summed E-state index contributed by atoms with van der Waals surface area (Å²) < 4.78 is 34.3. The van der Waals surface area contributed by atoms with Crippen LogP contribution in [0.2, 0.25) is 0 Å². The molecule has 3 aromatic carbocycles. The molecule has 0 radical (unpaired) electrons. The van der Waals surface area contributed by atoms with Gasteiger partial charge in [-0.15, -0.1) is 0 Å². The predicted octanol–water partition coefficient (Wildman–Crippen LogP) is 3.76. The van der Waals surface area contributed by atoms with E-state index in [1.807, 2.05) is 13.8 Å². The topological polar surface area (TPSA) is 136 Å².